The van der Waals surface area contributed by atoms with Crippen LogP contribution in [0.4, 0.5) is 5.82 Å². The standard InChI is InChI=1S/C17H24N6O/c1-11-13(12(2)21-20-11)8-17(24)23-7-5-6-15(23)14-9-18-10-16(19-14)22(3)4/h9-10,15H,5-8H2,1-4H3,(H,20,21)/t15-/m1/s1. The number of amides is 1. The lowest BCUT2D eigenvalue weighted by Crippen LogP contribution is -2.32. The van der Waals surface area contributed by atoms with Crippen LogP contribution in [0, 0.1) is 13.8 Å². The van der Waals surface area contributed by atoms with Crippen LogP contribution >= 0.6 is 0 Å². The highest BCUT2D eigenvalue weighted by atomic mass is 16.2. The number of aromatic amines is 1. The van der Waals surface area contributed by atoms with Gasteiger partial charge in [0.15, 0.2) is 0 Å². The number of nitrogens with zero attached hydrogens (tertiary/aromatic N) is 5. The van der Waals surface area contributed by atoms with Crippen molar-refractivity contribution in [2.45, 2.75) is 39.2 Å². The van der Waals surface area contributed by atoms with Crippen molar-refractivity contribution in [1.82, 2.24) is 25.1 Å². The Morgan fingerprint density at radius 2 is 2.17 bits per heavy atom. The quantitative estimate of drug-likeness (QED) is 0.926. The molecule has 2 aromatic heterocycles. The Bertz CT molecular complexity index is 719. The maximum absolute atomic E-state index is 12.8. The molecule has 3 rings (SSSR count). The number of nitrogens with one attached hydrogen (secondary N) is 1. The average molecular weight is 328 g/mol. The molecule has 24 heavy (non-hydrogen) atoms. The molecule has 0 aromatic carbocycles. The third-order valence-electron chi connectivity index (χ3n) is 4.62. The van der Waals surface area contributed by atoms with Gasteiger partial charge in [-0.05, 0) is 26.7 Å². The van der Waals surface area contributed by atoms with Crippen LogP contribution in [0.2, 0.25) is 0 Å². The molecule has 1 saturated heterocycles. The van der Waals surface area contributed by atoms with Gasteiger partial charge in [0.05, 0.1) is 36.2 Å². The number of carbonyl (C=O) groups excluding carboxylic acids is 1. The van der Waals surface area contributed by atoms with Crippen molar-refractivity contribution in [2.75, 3.05) is 25.5 Å². The highest BCUT2D eigenvalue weighted by molar-refractivity contribution is 5.80. The zero-order valence-electron chi connectivity index (χ0n) is 14.7. The number of likely N-dealkylation sites (tertiary alicyclic amines) is 1. The number of carbonyl (C=O) groups is 1. The summed E-state index contributed by atoms with van der Waals surface area (Å²) in [7, 11) is 3.88. The summed E-state index contributed by atoms with van der Waals surface area (Å²) in [6, 6.07) is 0.0115. The van der Waals surface area contributed by atoms with Crippen LogP contribution in [-0.2, 0) is 11.2 Å². The first kappa shape index (κ1) is 16.4. The van der Waals surface area contributed by atoms with Gasteiger partial charge in [0, 0.05) is 31.9 Å². The molecule has 1 fully saturated rings. The summed E-state index contributed by atoms with van der Waals surface area (Å²) < 4.78 is 0. The number of anilines is 1. The lowest BCUT2D eigenvalue weighted by atomic mass is 10.1. The van der Waals surface area contributed by atoms with E-state index in [0.717, 1.165) is 47.8 Å². The number of hydrogen-bond acceptors (Lipinski definition) is 5. The second kappa shape index (κ2) is 6.59. The van der Waals surface area contributed by atoms with Gasteiger partial charge in [-0.1, -0.05) is 0 Å². The van der Waals surface area contributed by atoms with Gasteiger partial charge in [0.2, 0.25) is 5.91 Å². The van der Waals surface area contributed by atoms with E-state index in [0.29, 0.717) is 6.42 Å². The van der Waals surface area contributed by atoms with Gasteiger partial charge in [-0.15, -0.1) is 0 Å². The first-order valence-electron chi connectivity index (χ1n) is 8.26. The van der Waals surface area contributed by atoms with E-state index in [1.54, 1.807) is 12.4 Å². The lowest BCUT2D eigenvalue weighted by Gasteiger charge is -2.25. The van der Waals surface area contributed by atoms with E-state index in [1.165, 1.54) is 0 Å². The predicted octanol–water partition coefficient (Wildman–Crippen LogP) is 1.79. The van der Waals surface area contributed by atoms with E-state index < -0.39 is 0 Å². The summed E-state index contributed by atoms with van der Waals surface area (Å²) in [4.78, 5) is 25.7. The van der Waals surface area contributed by atoms with E-state index in [2.05, 4.69) is 20.2 Å². The summed E-state index contributed by atoms with van der Waals surface area (Å²) in [5.74, 6) is 0.940. The van der Waals surface area contributed by atoms with Crippen LogP contribution in [0.5, 0.6) is 0 Å². The minimum atomic E-state index is 0.0115. The van der Waals surface area contributed by atoms with Crippen molar-refractivity contribution < 1.29 is 4.79 Å². The summed E-state index contributed by atoms with van der Waals surface area (Å²) >= 11 is 0. The maximum Gasteiger partial charge on any atom is 0.227 e. The highest BCUT2D eigenvalue weighted by Crippen LogP contribution is 2.32. The molecular weight excluding hydrogens is 304 g/mol. The summed E-state index contributed by atoms with van der Waals surface area (Å²) in [5.41, 5.74) is 3.73. The van der Waals surface area contributed by atoms with E-state index >= 15 is 0 Å². The van der Waals surface area contributed by atoms with Crippen molar-refractivity contribution in [3.8, 4) is 0 Å². The van der Waals surface area contributed by atoms with Crippen molar-refractivity contribution in [2.24, 2.45) is 0 Å². The minimum absolute atomic E-state index is 0.0115. The molecule has 7 heteroatoms. The molecule has 0 bridgehead atoms. The van der Waals surface area contributed by atoms with Crippen LogP contribution in [0.15, 0.2) is 12.4 Å². The smallest absolute Gasteiger partial charge is 0.227 e. The van der Waals surface area contributed by atoms with Gasteiger partial charge in [-0.3, -0.25) is 14.9 Å². The second-order valence-corrected chi connectivity index (χ2v) is 6.53. The van der Waals surface area contributed by atoms with E-state index in [9.17, 15) is 4.79 Å². The largest absolute Gasteiger partial charge is 0.361 e. The minimum Gasteiger partial charge on any atom is -0.361 e. The van der Waals surface area contributed by atoms with Gasteiger partial charge in [-0.2, -0.15) is 5.10 Å². The van der Waals surface area contributed by atoms with Crippen LogP contribution in [-0.4, -0.2) is 51.6 Å². The number of rotatable bonds is 4. The Kier molecular flexibility index (Phi) is 4.51. The molecule has 7 nitrogen and oxygen atoms in total. The van der Waals surface area contributed by atoms with Crippen LogP contribution < -0.4 is 4.90 Å². The Balaban J connectivity index is 1.80. The Labute approximate surface area is 142 Å². The predicted molar refractivity (Wildman–Crippen MR) is 91.8 cm³/mol. The average Bonchev–Trinajstić information content (AvgIpc) is 3.17. The fraction of sp³-hybridized carbons (Fsp3) is 0.529. The zero-order chi connectivity index (χ0) is 17.3. The Morgan fingerprint density at radius 1 is 1.38 bits per heavy atom. The third kappa shape index (κ3) is 3.11. The number of aryl methyl sites for hydroxylation is 2. The first-order valence-corrected chi connectivity index (χ1v) is 8.26. The Hall–Kier alpha value is -2.44. The zero-order valence-corrected chi connectivity index (χ0v) is 14.7. The van der Waals surface area contributed by atoms with E-state index in [4.69, 9.17) is 0 Å². The molecule has 128 valence electrons. The molecule has 3 heterocycles. The molecule has 0 aliphatic carbocycles. The summed E-state index contributed by atoms with van der Waals surface area (Å²) in [6.07, 6.45) is 5.82. The normalized spacial score (nSPS) is 17.3. The van der Waals surface area contributed by atoms with Crippen LogP contribution in [0.1, 0.15) is 41.5 Å². The van der Waals surface area contributed by atoms with Crippen molar-refractivity contribution in [1.29, 1.82) is 0 Å². The topological polar surface area (TPSA) is 78.0 Å². The molecule has 2 aromatic rings. The van der Waals surface area contributed by atoms with Crippen molar-refractivity contribution in [3.63, 3.8) is 0 Å². The van der Waals surface area contributed by atoms with Crippen LogP contribution in [0.25, 0.3) is 0 Å². The monoisotopic (exact) mass is 328 g/mol. The summed E-state index contributed by atoms with van der Waals surface area (Å²) in [5, 5.41) is 7.13. The molecule has 0 unspecified atom stereocenters. The van der Waals surface area contributed by atoms with Gasteiger partial charge < -0.3 is 9.80 Å². The molecule has 1 N–H and O–H groups in total. The van der Waals surface area contributed by atoms with E-state index in [-0.39, 0.29) is 11.9 Å². The number of hydrogen-bond donors (Lipinski definition) is 1. The summed E-state index contributed by atoms with van der Waals surface area (Å²) in [6.45, 7) is 4.66. The van der Waals surface area contributed by atoms with Gasteiger partial charge in [0.25, 0.3) is 0 Å². The second-order valence-electron chi connectivity index (χ2n) is 6.53. The molecule has 1 atom stereocenters. The lowest BCUT2D eigenvalue weighted by molar-refractivity contribution is -0.131. The highest BCUT2D eigenvalue weighted by Gasteiger charge is 2.32. The molecule has 1 amide bonds. The van der Waals surface area contributed by atoms with Gasteiger partial charge in [-0.25, -0.2) is 4.98 Å². The third-order valence-corrected chi connectivity index (χ3v) is 4.62. The molecule has 0 spiro atoms. The van der Waals surface area contributed by atoms with Crippen molar-refractivity contribution >= 4 is 11.7 Å². The molecule has 0 radical (unpaired) electrons. The van der Waals surface area contributed by atoms with Crippen molar-refractivity contribution in [3.05, 3.63) is 35.0 Å². The molecular formula is C17H24N6O. The van der Waals surface area contributed by atoms with Crippen LogP contribution in [0.3, 0.4) is 0 Å². The Morgan fingerprint density at radius 3 is 2.83 bits per heavy atom. The number of aromatic nitrogens is 4. The van der Waals surface area contributed by atoms with E-state index in [1.807, 2.05) is 37.7 Å². The first-order chi connectivity index (χ1) is 11.5. The fourth-order valence-corrected chi connectivity index (χ4v) is 3.21. The number of H-pyrrole nitrogens is 1. The fourth-order valence-electron chi connectivity index (χ4n) is 3.21. The maximum atomic E-state index is 12.8. The van der Waals surface area contributed by atoms with Gasteiger partial charge in [0.1, 0.15) is 5.82 Å². The van der Waals surface area contributed by atoms with Gasteiger partial charge >= 0.3 is 0 Å². The molecule has 1 aliphatic rings. The SMILES string of the molecule is Cc1n[nH]c(C)c1CC(=O)N1CCC[C@@H]1c1cncc(N(C)C)n1. The molecule has 1 aliphatic heterocycles. The molecule has 0 saturated carbocycles.